The highest BCUT2D eigenvalue weighted by Crippen LogP contribution is 2.44. The van der Waals surface area contributed by atoms with Crippen molar-refractivity contribution < 1.29 is 42.9 Å². The maximum Gasteiger partial charge on any atom is 0.339 e. The number of hydrogen-bond donors (Lipinski definition) is 0. The van der Waals surface area contributed by atoms with Gasteiger partial charge in [0.2, 0.25) is 39.6 Å². The van der Waals surface area contributed by atoms with Gasteiger partial charge in [-0.3, -0.25) is 19.4 Å². The highest BCUT2D eigenvalue weighted by Gasteiger charge is 2.41. The number of rotatable bonds is 31. The summed E-state index contributed by atoms with van der Waals surface area (Å²) in [5, 5.41) is 56.1. The van der Waals surface area contributed by atoms with Crippen molar-refractivity contribution in [2.24, 2.45) is 76.6 Å². The average Bonchev–Trinajstić information content (AvgIpc) is 1.71. The van der Waals surface area contributed by atoms with Crippen molar-refractivity contribution in [3.8, 4) is 5.75 Å². The van der Waals surface area contributed by atoms with Crippen LogP contribution >= 0.6 is 0 Å². The fourth-order valence-corrected chi connectivity index (χ4v) is 11.6. The first kappa shape index (κ1) is 78.8. The summed E-state index contributed by atoms with van der Waals surface area (Å²) in [5.74, 6) is -0.162. The molecule has 111 heavy (non-hydrogen) atoms. The van der Waals surface area contributed by atoms with Crippen LogP contribution in [0.2, 0.25) is 0 Å². The van der Waals surface area contributed by atoms with E-state index in [4.69, 9.17) is 23.7 Å². The molecule has 0 saturated carbocycles. The van der Waals surface area contributed by atoms with E-state index >= 15 is 0 Å². The molecule has 1 unspecified atom stereocenters. The van der Waals surface area contributed by atoms with E-state index in [-0.39, 0.29) is 61.1 Å². The molecule has 3 amide bonds. The second-order valence-electron chi connectivity index (χ2n) is 29.3. The molecule has 8 heterocycles. The average molecular weight is 1500 g/mol. The summed E-state index contributed by atoms with van der Waals surface area (Å²) in [5.41, 5.74) is 11.1. The highest BCUT2D eigenvalue weighted by atomic mass is 16.5. The van der Waals surface area contributed by atoms with E-state index < -0.39 is 28.6 Å². The molecule has 8 aliphatic heterocycles. The van der Waals surface area contributed by atoms with Gasteiger partial charge in [0.05, 0.1) is 58.5 Å². The number of ether oxygens (including phenoxy) is 5. The topological polar surface area (TPSA) is 310 Å². The summed E-state index contributed by atoms with van der Waals surface area (Å²) in [6.45, 7) is 19.9. The van der Waals surface area contributed by atoms with Crippen molar-refractivity contribution in [1.82, 2.24) is 14.7 Å². The summed E-state index contributed by atoms with van der Waals surface area (Å²) in [7, 11) is 4.93. The van der Waals surface area contributed by atoms with Crippen molar-refractivity contribution in [3.63, 3.8) is 0 Å². The third-order valence-corrected chi connectivity index (χ3v) is 20.0. The van der Waals surface area contributed by atoms with E-state index in [1.54, 1.807) is 81.8 Å². The third-order valence-electron chi connectivity index (χ3n) is 20.0. The van der Waals surface area contributed by atoms with Gasteiger partial charge in [-0.25, -0.2) is 4.79 Å². The van der Waals surface area contributed by atoms with Crippen LogP contribution in [-0.4, -0.2) is 112 Å². The van der Waals surface area contributed by atoms with Crippen LogP contribution in [0.25, 0.3) is 0 Å². The summed E-state index contributed by atoms with van der Waals surface area (Å²) >= 11 is 0. The second kappa shape index (κ2) is 32.4. The summed E-state index contributed by atoms with van der Waals surface area (Å²) in [6, 6.07) is 61.7. The van der Waals surface area contributed by atoms with Crippen LogP contribution < -0.4 is 4.74 Å². The van der Waals surface area contributed by atoms with Gasteiger partial charge in [0.25, 0.3) is 17.7 Å². The van der Waals surface area contributed by atoms with E-state index in [1.165, 1.54) is 25.8 Å². The molecule has 572 valence electrons. The Morgan fingerprint density at radius 2 is 0.595 bits per heavy atom. The largest absolute Gasteiger partial charge is 0.494 e. The fourth-order valence-electron chi connectivity index (χ4n) is 11.6. The molecule has 0 radical (unpaired) electrons. The molecule has 16 rings (SSSR count). The molecule has 0 bridgehead atoms. The summed E-state index contributed by atoms with van der Waals surface area (Å²) in [4.78, 5) is 58.8. The van der Waals surface area contributed by atoms with Gasteiger partial charge in [-0.15, -0.1) is 0 Å². The van der Waals surface area contributed by atoms with Crippen molar-refractivity contribution in [1.29, 1.82) is 0 Å². The van der Waals surface area contributed by atoms with Gasteiger partial charge in [0.15, 0.2) is 6.73 Å². The predicted molar refractivity (Wildman–Crippen MR) is 415 cm³/mol. The summed E-state index contributed by atoms with van der Waals surface area (Å²) < 4.78 is 27.9. The van der Waals surface area contributed by atoms with Crippen LogP contribution in [0.1, 0.15) is 172 Å². The van der Waals surface area contributed by atoms with Crippen LogP contribution in [0.3, 0.4) is 0 Å². The first-order chi connectivity index (χ1) is 52.7. The van der Waals surface area contributed by atoms with E-state index in [0.717, 1.165) is 68.7 Å². The van der Waals surface area contributed by atoms with Gasteiger partial charge in [-0.1, -0.05) is 141 Å². The zero-order chi connectivity index (χ0) is 77.5. The molecule has 8 aromatic rings. The molecule has 27 heteroatoms. The second-order valence-corrected chi connectivity index (χ2v) is 29.3. The van der Waals surface area contributed by atoms with Gasteiger partial charge < -0.3 is 38.4 Å². The van der Waals surface area contributed by atoms with E-state index in [2.05, 4.69) is 156 Å². The third kappa shape index (κ3) is 20.2. The van der Waals surface area contributed by atoms with Crippen molar-refractivity contribution in [3.05, 3.63) is 278 Å². The van der Waals surface area contributed by atoms with Gasteiger partial charge in [-0.2, -0.15) is 71.6 Å². The van der Waals surface area contributed by atoms with Gasteiger partial charge >= 0.3 is 5.97 Å². The zero-order valence-corrected chi connectivity index (χ0v) is 63.6. The Balaban J connectivity index is 0.000000137. The number of benzene rings is 8. The maximum absolute atomic E-state index is 12.7. The number of amides is 3. The lowest BCUT2D eigenvalue weighted by atomic mass is 9.98. The number of carbonyl (C=O) groups excluding carboxylic acids is 4. The zero-order valence-electron chi connectivity index (χ0n) is 63.6. The Morgan fingerprint density at radius 3 is 0.910 bits per heavy atom. The molecule has 0 saturated heterocycles. The van der Waals surface area contributed by atoms with Gasteiger partial charge in [-0.05, 0) is 151 Å². The summed E-state index contributed by atoms with van der Waals surface area (Å²) in [6.07, 6.45) is 4.01. The van der Waals surface area contributed by atoms with Crippen molar-refractivity contribution in [2.45, 2.75) is 134 Å². The number of esters is 1. The van der Waals surface area contributed by atoms with Gasteiger partial charge in [0.1, 0.15) is 11.3 Å². The number of aryl methyl sites for hydroxylation is 1. The van der Waals surface area contributed by atoms with Crippen LogP contribution in [0.4, 0.5) is 0 Å². The number of hydrogen-bond acceptors (Lipinski definition) is 24. The normalized spacial score (nSPS) is 18.2. The van der Waals surface area contributed by atoms with Crippen LogP contribution in [0, 0.1) is 0 Å². The molecule has 0 aromatic heterocycles. The van der Waals surface area contributed by atoms with Crippen LogP contribution in [-0.2, 0) is 83.8 Å². The van der Waals surface area contributed by atoms with E-state index in [0.29, 0.717) is 68.5 Å². The molecule has 0 spiro atoms. The highest BCUT2D eigenvalue weighted by molar-refractivity contribution is 5.97. The van der Waals surface area contributed by atoms with Crippen molar-refractivity contribution in [2.75, 3.05) is 67.6 Å². The first-order valence-corrected chi connectivity index (χ1v) is 36.4. The number of carbonyl (C=O) groups is 4. The van der Waals surface area contributed by atoms with Crippen LogP contribution in [0.5, 0.6) is 5.75 Å². The lowest BCUT2D eigenvalue weighted by Crippen LogP contribution is -2.40. The molecular weight excluding hydrogens is 1410 g/mol. The quantitative estimate of drug-likeness (QED) is 0.0226. The first-order valence-electron chi connectivity index (χ1n) is 36.4. The number of aliphatic imine (C=N–C) groups is 1. The minimum atomic E-state index is -0.499. The monoisotopic (exact) mass is 1500 g/mol. The minimum absolute atomic E-state index is 0. The molecule has 8 aromatic carbocycles. The lowest BCUT2D eigenvalue weighted by Gasteiger charge is -2.25. The lowest BCUT2D eigenvalue weighted by molar-refractivity contribution is 0.00703. The Bertz CT molecular complexity index is 4660. The van der Waals surface area contributed by atoms with Crippen molar-refractivity contribution >= 4 is 29.9 Å². The maximum atomic E-state index is 12.7. The Labute approximate surface area is 645 Å². The Hall–Kier alpha value is -11.8. The van der Waals surface area contributed by atoms with Crippen LogP contribution in [0.15, 0.2) is 271 Å². The molecular formula is C84H92N18O9. The molecule has 1 atom stereocenters. The van der Waals surface area contributed by atoms with E-state index in [9.17, 15) is 19.2 Å². The smallest absolute Gasteiger partial charge is 0.339 e. The molecule has 27 nitrogen and oxygen atoms in total. The standard InChI is InChI=1S/C22H26N4O3.C21H22N6O2.C20H19N5O3.C20H21N3O.CH4/c1-21(23-24-21)19-7-3-17(4-8-19)15-28-13-11-27-12-14-29-16-18-5-9-20(10-6-18)22(2)25-26-22;1-20(22-23-20)16-9-5-14(6-10-16)18(28)26(3)13-27(4)19(29)15-7-11-17(12-8-15)21(2)24-25-21;1-19(21-22-19)15-8-4-13(5-9-15)17(26)25(3)12-28-18(27)14-6-10-16(11-7-14)20(2)23-24-20;1-19(14-21-19)16-7-5-15(6-8-16)4-3-13-24-18-11-9-17(10-12-18)20(2)22-23-20;/h3-10H,11-16H2,1-2H3;5-12H,13H2,1-4H3;4-11H,12H2,1-3H3;5-12,14H,3-4,13H2,1-2H3;1H4. The molecule has 0 fully saturated rings. The van der Waals surface area contributed by atoms with Gasteiger partial charge in [0, 0.05) is 83.0 Å². The fraction of sp³-hybridized carbons (Fsp3) is 0.369. The molecule has 8 aliphatic rings. The Kier molecular flexibility index (Phi) is 23.0. The minimum Gasteiger partial charge on any atom is -0.494 e. The van der Waals surface area contributed by atoms with E-state index in [1.807, 2.05) is 115 Å². The predicted octanol–water partition coefficient (Wildman–Crippen LogP) is 17.6. The molecule has 0 aliphatic carbocycles. The SMILES string of the molecule is C.CC1(c2ccc(CCCOc3ccc(C4(C)N=N4)cc3)cc2)C=N1.CC1(c2ccc(COCCOCCOCc3ccc(C4(C)N=N4)cc3)cc2)N=N1.CN(CN(C)C(=O)c1ccc(C2(C)N=N2)cc1)C(=O)c1ccc(C2(C)N=N2)cc1.CN(COC(=O)c1ccc(C2(C)N=N2)cc1)C(=O)c1ccc(C2(C)N=N2)cc1. The number of nitrogens with zero attached hydrogens (tertiary/aromatic N) is 18. The Morgan fingerprint density at radius 1 is 0.324 bits per heavy atom. The molecule has 0 N–H and O–H groups in total.